The molecule has 4 nitrogen and oxygen atoms in total. The van der Waals surface area contributed by atoms with Gasteiger partial charge in [0, 0.05) is 19.0 Å². The van der Waals surface area contributed by atoms with E-state index in [0.717, 1.165) is 42.7 Å². The van der Waals surface area contributed by atoms with Crippen molar-refractivity contribution in [2.24, 2.45) is 23.2 Å². The fourth-order valence-electron chi connectivity index (χ4n) is 7.34. The number of hydrogen-bond donors (Lipinski definition) is 2. The second-order valence-corrected chi connectivity index (χ2v) is 11.4. The number of aliphatic hydroxyl groups excluding tert-OH is 2. The maximum Gasteiger partial charge on any atom is 0.0811 e. The molecular weight excluding hydrogens is 398 g/mol. The Labute approximate surface area is 195 Å². The smallest absolute Gasteiger partial charge is 0.0811 e. The predicted octanol–water partition coefficient (Wildman–Crippen LogP) is 4.87. The first-order chi connectivity index (χ1) is 15.3. The Balaban J connectivity index is 1.43. The van der Waals surface area contributed by atoms with Gasteiger partial charge in [0.15, 0.2) is 0 Å². The quantitative estimate of drug-likeness (QED) is 0.636. The summed E-state index contributed by atoms with van der Waals surface area (Å²) >= 11 is 0. The van der Waals surface area contributed by atoms with Crippen LogP contribution < -0.4 is 0 Å². The summed E-state index contributed by atoms with van der Waals surface area (Å²) in [6.45, 7) is 15.5. The van der Waals surface area contributed by atoms with Crippen LogP contribution in [-0.2, 0) is 4.74 Å². The summed E-state index contributed by atoms with van der Waals surface area (Å²) in [6, 6.07) is 0.548. The number of morpholine rings is 1. The molecular formula is C28H45NO3. The molecule has 0 radical (unpaired) electrons. The van der Waals surface area contributed by atoms with Gasteiger partial charge in [-0.1, -0.05) is 38.2 Å². The molecule has 1 heterocycles. The van der Waals surface area contributed by atoms with Crippen LogP contribution in [0, 0.1) is 23.2 Å². The molecule has 2 N–H and O–H groups in total. The largest absolute Gasteiger partial charge is 0.393 e. The molecule has 1 aliphatic heterocycles. The average molecular weight is 444 g/mol. The van der Waals surface area contributed by atoms with Crippen LogP contribution in [0.5, 0.6) is 0 Å². The molecule has 3 aliphatic carbocycles. The summed E-state index contributed by atoms with van der Waals surface area (Å²) in [7, 11) is 0. The van der Waals surface area contributed by atoms with Gasteiger partial charge < -0.3 is 14.9 Å². The van der Waals surface area contributed by atoms with Gasteiger partial charge >= 0.3 is 0 Å². The molecule has 180 valence electrons. The van der Waals surface area contributed by atoms with Gasteiger partial charge in [-0.25, -0.2) is 0 Å². The molecule has 0 unspecified atom stereocenters. The summed E-state index contributed by atoms with van der Waals surface area (Å²) in [5.41, 5.74) is 3.81. The van der Waals surface area contributed by atoms with Gasteiger partial charge in [0.1, 0.15) is 0 Å². The molecule has 7 atom stereocenters. The molecule has 0 aromatic rings. The van der Waals surface area contributed by atoms with Crippen molar-refractivity contribution in [2.75, 3.05) is 26.3 Å². The van der Waals surface area contributed by atoms with Crippen LogP contribution in [0.25, 0.3) is 0 Å². The molecule has 4 aliphatic rings. The van der Waals surface area contributed by atoms with Crippen LogP contribution in [-0.4, -0.2) is 59.7 Å². The lowest BCUT2D eigenvalue weighted by molar-refractivity contribution is -0.00570. The number of nitrogens with zero attached hydrogens (tertiary/aromatic N) is 1. The number of rotatable bonds is 5. The Hall–Kier alpha value is -0.940. The van der Waals surface area contributed by atoms with E-state index in [1.165, 1.54) is 45.1 Å². The highest BCUT2D eigenvalue weighted by Crippen LogP contribution is 2.59. The summed E-state index contributed by atoms with van der Waals surface area (Å²) < 4.78 is 5.62. The van der Waals surface area contributed by atoms with Crippen LogP contribution in [0.2, 0.25) is 0 Å². The molecule has 4 fully saturated rings. The van der Waals surface area contributed by atoms with E-state index in [0.29, 0.717) is 30.2 Å². The van der Waals surface area contributed by atoms with E-state index in [2.05, 4.69) is 44.4 Å². The lowest BCUT2D eigenvalue weighted by Crippen LogP contribution is -2.45. The summed E-state index contributed by atoms with van der Waals surface area (Å²) in [6.07, 6.45) is 12.2. The molecule has 0 amide bonds. The van der Waals surface area contributed by atoms with Gasteiger partial charge in [0.05, 0.1) is 25.4 Å². The number of allylic oxidation sites excluding steroid dienone is 3. The van der Waals surface area contributed by atoms with Crippen LogP contribution in [0.3, 0.4) is 0 Å². The summed E-state index contributed by atoms with van der Waals surface area (Å²) in [5, 5.41) is 20.3. The fraction of sp³-hybridized carbons (Fsp3) is 0.786. The molecule has 0 spiro atoms. The fourth-order valence-corrected chi connectivity index (χ4v) is 7.34. The third-order valence-electron chi connectivity index (χ3n) is 9.37. The van der Waals surface area contributed by atoms with Crippen LogP contribution in [0.1, 0.15) is 72.1 Å². The second-order valence-electron chi connectivity index (χ2n) is 11.4. The van der Waals surface area contributed by atoms with Crippen LogP contribution in [0.4, 0.5) is 0 Å². The number of fused-ring (bicyclic) bond motifs is 1. The van der Waals surface area contributed by atoms with Gasteiger partial charge in [0.25, 0.3) is 0 Å². The molecule has 0 aromatic carbocycles. The maximum absolute atomic E-state index is 10.2. The first-order valence-corrected chi connectivity index (χ1v) is 13.1. The Morgan fingerprint density at radius 1 is 1.28 bits per heavy atom. The van der Waals surface area contributed by atoms with Crippen molar-refractivity contribution >= 4 is 0 Å². The molecule has 4 heteroatoms. The SMILES string of the molecule is C=C1/C(=C\C=C2/CCC[C@]3(C)[C@@H]([C@H](C)CCN4CCOC[C@H]4C)CC[C@@H]23)C[C@@H](O)C[C@H]1O. The van der Waals surface area contributed by atoms with Crippen molar-refractivity contribution in [3.05, 3.63) is 35.5 Å². The van der Waals surface area contributed by atoms with Crippen molar-refractivity contribution in [1.29, 1.82) is 0 Å². The van der Waals surface area contributed by atoms with E-state index in [1.54, 1.807) is 5.57 Å². The van der Waals surface area contributed by atoms with Gasteiger partial charge in [0.2, 0.25) is 0 Å². The minimum absolute atomic E-state index is 0.404. The Kier molecular flexibility index (Phi) is 7.66. The Morgan fingerprint density at radius 3 is 2.88 bits per heavy atom. The summed E-state index contributed by atoms with van der Waals surface area (Å²) in [5.74, 6) is 2.23. The second kappa shape index (κ2) is 10.1. The number of hydrogen-bond acceptors (Lipinski definition) is 4. The molecule has 0 aromatic heterocycles. The monoisotopic (exact) mass is 443 g/mol. The van der Waals surface area contributed by atoms with Gasteiger partial charge in [-0.2, -0.15) is 0 Å². The predicted molar refractivity (Wildman–Crippen MR) is 130 cm³/mol. The van der Waals surface area contributed by atoms with E-state index >= 15 is 0 Å². The lowest BCUT2D eigenvalue weighted by Gasteiger charge is -2.45. The van der Waals surface area contributed by atoms with Crippen molar-refractivity contribution in [3.63, 3.8) is 0 Å². The third-order valence-corrected chi connectivity index (χ3v) is 9.37. The zero-order valence-corrected chi connectivity index (χ0v) is 20.6. The first-order valence-electron chi connectivity index (χ1n) is 13.1. The molecule has 0 bridgehead atoms. The molecule has 3 saturated carbocycles. The average Bonchev–Trinajstić information content (AvgIpc) is 3.12. The molecule has 1 saturated heterocycles. The molecule has 4 rings (SSSR count). The normalized spacial score (nSPS) is 42.4. The summed E-state index contributed by atoms with van der Waals surface area (Å²) in [4.78, 5) is 2.62. The Bertz CT molecular complexity index is 743. The third kappa shape index (κ3) is 4.94. The number of aliphatic hydroxyl groups is 2. The highest BCUT2D eigenvalue weighted by molar-refractivity contribution is 5.38. The standard InChI is InChI=1S/C28H45NO3/c1-19(11-13-29-14-15-32-18-20(29)2)25-9-10-26-22(6-5-12-28(25,26)4)7-8-23-16-24(30)17-27(31)21(23)3/h7-8,19-20,24-27,30-31H,3,5-6,9-18H2,1-2,4H3/b22-7+,23-8-/t19-,20-,24-,25-,26+,27-,28-/m1/s1. The van der Waals surface area contributed by atoms with E-state index in [4.69, 9.17) is 4.74 Å². The van der Waals surface area contributed by atoms with Crippen molar-refractivity contribution < 1.29 is 14.9 Å². The van der Waals surface area contributed by atoms with E-state index in [9.17, 15) is 10.2 Å². The lowest BCUT2D eigenvalue weighted by atomic mass is 9.61. The highest BCUT2D eigenvalue weighted by atomic mass is 16.5. The van der Waals surface area contributed by atoms with Crippen molar-refractivity contribution in [1.82, 2.24) is 4.90 Å². The number of ether oxygens (including phenoxy) is 1. The van der Waals surface area contributed by atoms with Crippen LogP contribution >= 0.6 is 0 Å². The van der Waals surface area contributed by atoms with Gasteiger partial charge in [-0.3, -0.25) is 4.90 Å². The van der Waals surface area contributed by atoms with E-state index in [-0.39, 0.29) is 0 Å². The molecule has 32 heavy (non-hydrogen) atoms. The minimum atomic E-state index is -0.606. The minimum Gasteiger partial charge on any atom is -0.393 e. The Morgan fingerprint density at radius 2 is 2.09 bits per heavy atom. The van der Waals surface area contributed by atoms with Crippen molar-refractivity contribution in [3.8, 4) is 0 Å². The van der Waals surface area contributed by atoms with Gasteiger partial charge in [-0.05, 0) is 92.7 Å². The van der Waals surface area contributed by atoms with Gasteiger partial charge in [-0.15, -0.1) is 0 Å². The van der Waals surface area contributed by atoms with E-state index in [1.807, 2.05) is 0 Å². The first kappa shape index (κ1) is 24.2. The maximum atomic E-state index is 10.2. The van der Waals surface area contributed by atoms with Crippen molar-refractivity contribution in [2.45, 2.75) is 90.4 Å². The van der Waals surface area contributed by atoms with Crippen LogP contribution in [0.15, 0.2) is 35.5 Å². The zero-order valence-electron chi connectivity index (χ0n) is 20.6. The topological polar surface area (TPSA) is 52.9 Å². The zero-order chi connectivity index (χ0) is 22.9. The highest BCUT2D eigenvalue weighted by Gasteiger charge is 2.50. The van der Waals surface area contributed by atoms with E-state index < -0.39 is 12.2 Å².